The van der Waals surface area contributed by atoms with Crippen LogP contribution in [0.5, 0.6) is 0 Å². The van der Waals surface area contributed by atoms with E-state index in [9.17, 15) is 9.18 Å². The van der Waals surface area contributed by atoms with Crippen LogP contribution in [0.2, 0.25) is 5.02 Å². The fourth-order valence-corrected chi connectivity index (χ4v) is 2.52. The van der Waals surface area contributed by atoms with Gasteiger partial charge in [0.2, 0.25) is 0 Å². The number of rotatable bonds is 4. The van der Waals surface area contributed by atoms with Gasteiger partial charge in [-0.05, 0) is 42.8 Å². The number of pyridine rings is 2. The standard InChI is InChI=1S/C18H14ClFN4O/c1-10-8-23-17(12-6-11(19)2-3-14(12)20)7-16(10)24-15-4-5-22-9-13(15)18(21)25/h2-9H,1H3,(H2,21,25)(H,22,23,24). The maximum atomic E-state index is 14.1. The summed E-state index contributed by atoms with van der Waals surface area (Å²) in [5, 5.41) is 3.55. The van der Waals surface area contributed by atoms with Crippen LogP contribution in [0.15, 0.2) is 48.9 Å². The average molecular weight is 357 g/mol. The number of carbonyl (C=O) groups excluding carboxylic acids is 1. The third kappa shape index (κ3) is 3.59. The van der Waals surface area contributed by atoms with Gasteiger partial charge in [-0.15, -0.1) is 0 Å². The zero-order valence-corrected chi connectivity index (χ0v) is 14.0. The lowest BCUT2D eigenvalue weighted by atomic mass is 10.1. The number of hydrogen-bond donors (Lipinski definition) is 2. The SMILES string of the molecule is Cc1cnc(-c2cc(Cl)ccc2F)cc1Nc1ccncc1C(N)=O. The van der Waals surface area contributed by atoms with Gasteiger partial charge in [-0.1, -0.05) is 11.6 Å². The zero-order chi connectivity index (χ0) is 18.0. The maximum absolute atomic E-state index is 14.1. The van der Waals surface area contributed by atoms with Crippen LogP contribution in [0.25, 0.3) is 11.3 Å². The van der Waals surface area contributed by atoms with E-state index >= 15 is 0 Å². The second kappa shape index (κ2) is 6.86. The molecule has 1 amide bonds. The van der Waals surface area contributed by atoms with Crippen molar-refractivity contribution in [2.45, 2.75) is 6.92 Å². The molecule has 0 aliphatic rings. The highest BCUT2D eigenvalue weighted by atomic mass is 35.5. The molecule has 3 aromatic rings. The number of nitrogens with zero attached hydrogens (tertiary/aromatic N) is 2. The Morgan fingerprint density at radius 2 is 2.00 bits per heavy atom. The first-order chi connectivity index (χ1) is 12.0. The number of primary amides is 1. The Morgan fingerprint density at radius 1 is 1.20 bits per heavy atom. The van der Waals surface area contributed by atoms with Crippen molar-refractivity contribution in [3.63, 3.8) is 0 Å². The summed E-state index contributed by atoms with van der Waals surface area (Å²) in [5.74, 6) is -1.02. The van der Waals surface area contributed by atoms with E-state index < -0.39 is 11.7 Å². The maximum Gasteiger partial charge on any atom is 0.252 e. The molecular formula is C18H14ClFN4O. The summed E-state index contributed by atoms with van der Waals surface area (Å²) in [4.78, 5) is 19.7. The first-order valence-corrected chi connectivity index (χ1v) is 7.76. The molecule has 3 N–H and O–H groups in total. The summed E-state index contributed by atoms with van der Waals surface area (Å²) >= 11 is 5.95. The smallest absolute Gasteiger partial charge is 0.252 e. The van der Waals surface area contributed by atoms with E-state index in [2.05, 4.69) is 15.3 Å². The zero-order valence-electron chi connectivity index (χ0n) is 13.3. The predicted molar refractivity (Wildman–Crippen MR) is 95.4 cm³/mol. The van der Waals surface area contributed by atoms with Crippen molar-refractivity contribution in [2.75, 3.05) is 5.32 Å². The number of amides is 1. The van der Waals surface area contributed by atoms with Gasteiger partial charge in [0.15, 0.2) is 0 Å². The van der Waals surface area contributed by atoms with Crippen LogP contribution >= 0.6 is 11.6 Å². The Labute approximate surface area is 148 Å². The van der Waals surface area contributed by atoms with Gasteiger partial charge < -0.3 is 11.1 Å². The average Bonchev–Trinajstić information content (AvgIpc) is 2.59. The van der Waals surface area contributed by atoms with Gasteiger partial charge in [-0.2, -0.15) is 0 Å². The Hall–Kier alpha value is -2.99. The minimum absolute atomic E-state index is 0.259. The lowest BCUT2D eigenvalue weighted by Gasteiger charge is -2.13. The summed E-state index contributed by atoms with van der Waals surface area (Å²) in [5.41, 5.74) is 8.33. The first kappa shape index (κ1) is 16.9. The normalized spacial score (nSPS) is 10.5. The molecule has 0 radical (unpaired) electrons. The van der Waals surface area contributed by atoms with Crippen LogP contribution in [0.4, 0.5) is 15.8 Å². The van der Waals surface area contributed by atoms with E-state index in [-0.39, 0.29) is 5.56 Å². The molecule has 0 saturated carbocycles. The number of benzene rings is 1. The van der Waals surface area contributed by atoms with Crippen LogP contribution in [0.3, 0.4) is 0 Å². The summed E-state index contributed by atoms with van der Waals surface area (Å²) < 4.78 is 14.1. The van der Waals surface area contributed by atoms with Gasteiger partial charge in [0.25, 0.3) is 5.91 Å². The van der Waals surface area contributed by atoms with Gasteiger partial charge in [-0.3, -0.25) is 14.8 Å². The number of anilines is 2. The molecule has 0 bridgehead atoms. The molecule has 0 aliphatic carbocycles. The second-order valence-corrected chi connectivity index (χ2v) is 5.86. The number of nitrogens with one attached hydrogen (secondary N) is 1. The van der Waals surface area contributed by atoms with Crippen molar-refractivity contribution >= 4 is 28.9 Å². The quantitative estimate of drug-likeness (QED) is 0.737. The van der Waals surface area contributed by atoms with E-state index in [1.165, 1.54) is 24.4 Å². The van der Waals surface area contributed by atoms with Gasteiger partial charge in [-0.25, -0.2) is 4.39 Å². The van der Waals surface area contributed by atoms with Gasteiger partial charge in [0.1, 0.15) is 5.82 Å². The number of aryl methyl sites for hydroxylation is 1. The topological polar surface area (TPSA) is 80.9 Å². The number of aromatic nitrogens is 2. The molecule has 0 fully saturated rings. The molecule has 0 saturated heterocycles. The molecule has 25 heavy (non-hydrogen) atoms. The third-order valence-corrected chi connectivity index (χ3v) is 3.90. The van der Waals surface area contributed by atoms with Crippen LogP contribution in [-0.2, 0) is 0 Å². The monoisotopic (exact) mass is 356 g/mol. The van der Waals surface area contributed by atoms with Crippen molar-refractivity contribution < 1.29 is 9.18 Å². The number of carbonyl (C=O) groups is 1. The third-order valence-electron chi connectivity index (χ3n) is 3.66. The van der Waals surface area contributed by atoms with Crippen LogP contribution < -0.4 is 11.1 Å². The lowest BCUT2D eigenvalue weighted by molar-refractivity contribution is 0.100. The summed E-state index contributed by atoms with van der Waals surface area (Å²) in [6, 6.07) is 7.61. The molecule has 0 atom stereocenters. The van der Waals surface area contributed by atoms with Crippen molar-refractivity contribution in [1.29, 1.82) is 0 Å². The number of nitrogens with two attached hydrogens (primary N) is 1. The molecule has 126 valence electrons. The summed E-state index contributed by atoms with van der Waals surface area (Å²) in [7, 11) is 0. The summed E-state index contributed by atoms with van der Waals surface area (Å²) in [6.45, 7) is 1.85. The van der Waals surface area contributed by atoms with E-state index in [0.717, 1.165) is 5.56 Å². The van der Waals surface area contributed by atoms with Gasteiger partial charge in [0.05, 0.1) is 16.9 Å². The fraction of sp³-hybridized carbons (Fsp3) is 0.0556. The molecular weight excluding hydrogens is 343 g/mol. The van der Waals surface area contributed by atoms with Crippen molar-refractivity contribution in [1.82, 2.24) is 9.97 Å². The fourth-order valence-electron chi connectivity index (χ4n) is 2.34. The minimum atomic E-state index is -0.594. The van der Waals surface area contributed by atoms with E-state index in [0.29, 0.717) is 27.7 Å². The molecule has 1 aromatic carbocycles. The largest absolute Gasteiger partial charge is 0.365 e. The Kier molecular flexibility index (Phi) is 4.63. The molecule has 2 aromatic heterocycles. The number of halogens is 2. The minimum Gasteiger partial charge on any atom is -0.365 e. The van der Waals surface area contributed by atoms with E-state index in [4.69, 9.17) is 17.3 Å². The first-order valence-electron chi connectivity index (χ1n) is 7.38. The van der Waals surface area contributed by atoms with E-state index in [1.54, 1.807) is 24.5 Å². The van der Waals surface area contributed by atoms with Crippen molar-refractivity contribution in [2.24, 2.45) is 5.73 Å². The highest BCUT2D eigenvalue weighted by Gasteiger charge is 2.12. The molecule has 7 heteroatoms. The van der Waals surface area contributed by atoms with Crippen molar-refractivity contribution in [3.05, 3.63) is 70.9 Å². The van der Waals surface area contributed by atoms with Crippen LogP contribution in [0, 0.1) is 12.7 Å². The molecule has 0 unspecified atom stereocenters. The van der Waals surface area contributed by atoms with Crippen molar-refractivity contribution in [3.8, 4) is 11.3 Å². The van der Waals surface area contributed by atoms with Gasteiger partial charge in [0, 0.05) is 34.9 Å². The Balaban J connectivity index is 2.04. The Morgan fingerprint density at radius 3 is 2.76 bits per heavy atom. The summed E-state index contributed by atoms with van der Waals surface area (Å²) in [6.07, 6.45) is 4.55. The Bertz CT molecular complexity index is 962. The van der Waals surface area contributed by atoms with Crippen LogP contribution in [-0.4, -0.2) is 15.9 Å². The highest BCUT2D eigenvalue weighted by Crippen LogP contribution is 2.29. The molecule has 3 rings (SSSR count). The highest BCUT2D eigenvalue weighted by molar-refractivity contribution is 6.30. The lowest BCUT2D eigenvalue weighted by Crippen LogP contribution is -2.13. The predicted octanol–water partition coefficient (Wildman–Crippen LogP) is 4.09. The van der Waals surface area contributed by atoms with Gasteiger partial charge >= 0.3 is 0 Å². The van der Waals surface area contributed by atoms with Crippen LogP contribution in [0.1, 0.15) is 15.9 Å². The van der Waals surface area contributed by atoms with E-state index in [1.807, 2.05) is 6.92 Å². The molecule has 5 nitrogen and oxygen atoms in total. The second-order valence-electron chi connectivity index (χ2n) is 5.42. The molecule has 2 heterocycles. The molecule has 0 aliphatic heterocycles. The number of hydrogen-bond acceptors (Lipinski definition) is 4. The molecule has 0 spiro atoms.